The first kappa shape index (κ1) is 26.2. The van der Waals surface area contributed by atoms with E-state index in [1.54, 1.807) is 22.0 Å². The Morgan fingerprint density at radius 2 is 1.92 bits per heavy atom. The number of anilines is 1. The molecule has 2 heterocycles. The molecule has 4 aromatic rings. The third kappa shape index (κ3) is 5.27. The van der Waals surface area contributed by atoms with Crippen molar-refractivity contribution in [2.24, 2.45) is 11.3 Å². The third-order valence-electron chi connectivity index (χ3n) is 7.17. The summed E-state index contributed by atoms with van der Waals surface area (Å²) in [4.78, 5) is 32.2. The lowest BCUT2D eigenvalue weighted by Gasteiger charge is -2.33. The number of carbonyl (C=O) groups is 1. The highest BCUT2D eigenvalue weighted by atomic mass is 32.2. The Hall–Kier alpha value is -3.41. The molecular weight excluding hydrogens is 512 g/mol. The standard InChI is InChI=1S/C30H30N4O2S2/c1-30(2,3)19-13-14-21-23(18-31)27(38-25(21)17-19)33-26(35)15-16-37-29-32-24-12-8-7-11-22(24)28(36)34(29)20-9-5-4-6-10-20/h4-12,19H,13-17H2,1-3H3,(H,33,35). The van der Waals surface area contributed by atoms with Gasteiger partial charge in [-0.25, -0.2) is 4.98 Å². The van der Waals surface area contributed by atoms with E-state index in [0.717, 1.165) is 30.5 Å². The number of carbonyl (C=O) groups excluding carboxylic acids is 1. The van der Waals surface area contributed by atoms with Gasteiger partial charge >= 0.3 is 0 Å². The minimum absolute atomic E-state index is 0.134. The number of aromatic nitrogens is 2. The number of nitrogens with zero attached hydrogens (tertiary/aromatic N) is 3. The molecule has 0 spiro atoms. The van der Waals surface area contributed by atoms with Crippen LogP contribution in [0.5, 0.6) is 0 Å². The van der Waals surface area contributed by atoms with Gasteiger partial charge in [0.25, 0.3) is 5.56 Å². The minimum atomic E-state index is -0.144. The molecule has 0 saturated carbocycles. The molecule has 6 nitrogen and oxygen atoms in total. The van der Waals surface area contributed by atoms with Gasteiger partial charge in [0.1, 0.15) is 11.1 Å². The van der Waals surface area contributed by atoms with Crippen molar-refractivity contribution in [2.75, 3.05) is 11.1 Å². The van der Waals surface area contributed by atoms with Gasteiger partial charge in [0.05, 0.1) is 22.2 Å². The number of hydrogen-bond donors (Lipinski definition) is 1. The Labute approximate surface area is 230 Å². The average molecular weight is 543 g/mol. The Morgan fingerprint density at radius 3 is 2.66 bits per heavy atom. The van der Waals surface area contributed by atoms with E-state index in [9.17, 15) is 14.9 Å². The average Bonchev–Trinajstić information content (AvgIpc) is 3.25. The molecule has 194 valence electrons. The molecule has 1 N–H and O–H groups in total. The van der Waals surface area contributed by atoms with Crippen LogP contribution in [0, 0.1) is 22.7 Å². The van der Waals surface area contributed by atoms with Gasteiger partial charge < -0.3 is 5.32 Å². The van der Waals surface area contributed by atoms with Crippen molar-refractivity contribution < 1.29 is 4.79 Å². The Bertz CT molecular complexity index is 1590. The summed E-state index contributed by atoms with van der Waals surface area (Å²) in [6.45, 7) is 6.80. The van der Waals surface area contributed by atoms with Gasteiger partial charge in [-0.2, -0.15) is 5.26 Å². The molecule has 2 aromatic heterocycles. The first-order valence-electron chi connectivity index (χ1n) is 12.8. The van der Waals surface area contributed by atoms with Gasteiger partial charge in [0.15, 0.2) is 5.16 Å². The van der Waals surface area contributed by atoms with Gasteiger partial charge in [-0.3, -0.25) is 14.2 Å². The van der Waals surface area contributed by atoms with E-state index in [4.69, 9.17) is 4.98 Å². The predicted octanol–water partition coefficient (Wildman–Crippen LogP) is 6.59. The van der Waals surface area contributed by atoms with Gasteiger partial charge in [-0.15, -0.1) is 11.3 Å². The van der Waals surface area contributed by atoms with Crippen LogP contribution in [0.15, 0.2) is 64.5 Å². The molecule has 2 aromatic carbocycles. The SMILES string of the molecule is CC(C)(C)C1CCc2c(sc(NC(=O)CCSc3nc4ccccc4c(=O)n3-c3ccccc3)c2C#N)C1. The van der Waals surface area contributed by atoms with Crippen molar-refractivity contribution in [1.82, 2.24) is 9.55 Å². The maximum atomic E-state index is 13.3. The summed E-state index contributed by atoms with van der Waals surface area (Å²) >= 11 is 2.93. The number of fused-ring (bicyclic) bond motifs is 2. The second-order valence-corrected chi connectivity index (χ2v) is 12.8. The van der Waals surface area contributed by atoms with Crippen molar-refractivity contribution in [3.05, 3.63) is 81.0 Å². The fourth-order valence-electron chi connectivity index (χ4n) is 4.97. The predicted molar refractivity (Wildman–Crippen MR) is 155 cm³/mol. The lowest BCUT2D eigenvalue weighted by Crippen LogP contribution is -2.26. The largest absolute Gasteiger partial charge is 0.317 e. The highest BCUT2D eigenvalue weighted by Crippen LogP contribution is 2.44. The minimum Gasteiger partial charge on any atom is -0.317 e. The Morgan fingerprint density at radius 1 is 1.18 bits per heavy atom. The molecular formula is C30H30N4O2S2. The van der Waals surface area contributed by atoms with E-state index in [2.05, 4.69) is 32.2 Å². The number of para-hydroxylation sites is 2. The highest BCUT2D eigenvalue weighted by Gasteiger charge is 2.32. The van der Waals surface area contributed by atoms with Crippen molar-refractivity contribution >= 4 is 44.9 Å². The molecule has 0 saturated heterocycles. The van der Waals surface area contributed by atoms with Crippen LogP contribution in [0.4, 0.5) is 5.00 Å². The van der Waals surface area contributed by atoms with Crippen LogP contribution < -0.4 is 10.9 Å². The Kier molecular flexibility index (Phi) is 7.42. The van der Waals surface area contributed by atoms with Crippen LogP contribution in [-0.2, 0) is 17.6 Å². The number of benzene rings is 2. The maximum Gasteiger partial charge on any atom is 0.266 e. The summed E-state index contributed by atoms with van der Waals surface area (Å²) in [7, 11) is 0. The van der Waals surface area contributed by atoms with Crippen LogP contribution in [0.2, 0.25) is 0 Å². The first-order valence-corrected chi connectivity index (χ1v) is 14.6. The molecule has 0 radical (unpaired) electrons. The molecule has 1 unspecified atom stereocenters. The number of hydrogen-bond acceptors (Lipinski definition) is 6. The fourth-order valence-corrected chi connectivity index (χ4v) is 7.21. The number of nitriles is 1. The third-order valence-corrected chi connectivity index (χ3v) is 9.28. The zero-order valence-electron chi connectivity index (χ0n) is 21.8. The molecule has 1 amide bonds. The van der Waals surface area contributed by atoms with Crippen molar-refractivity contribution in [2.45, 2.75) is 51.6 Å². The van der Waals surface area contributed by atoms with E-state index >= 15 is 0 Å². The van der Waals surface area contributed by atoms with Crippen LogP contribution in [-0.4, -0.2) is 21.2 Å². The van der Waals surface area contributed by atoms with Gasteiger partial charge in [-0.05, 0) is 60.4 Å². The second kappa shape index (κ2) is 10.8. The summed E-state index contributed by atoms with van der Waals surface area (Å²) in [5, 5.41) is 14.6. The first-order chi connectivity index (χ1) is 18.3. The lowest BCUT2D eigenvalue weighted by atomic mass is 9.72. The van der Waals surface area contributed by atoms with Gasteiger partial charge in [0.2, 0.25) is 5.91 Å². The normalized spacial score (nSPS) is 15.2. The quantitative estimate of drug-likeness (QED) is 0.219. The van der Waals surface area contributed by atoms with Crippen LogP contribution in [0.1, 0.15) is 49.6 Å². The number of rotatable bonds is 6. The van der Waals surface area contributed by atoms with Crippen LogP contribution in [0.25, 0.3) is 16.6 Å². The van der Waals surface area contributed by atoms with Crippen molar-refractivity contribution in [3.63, 3.8) is 0 Å². The van der Waals surface area contributed by atoms with Gasteiger partial charge in [-0.1, -0.05) is 62.9 Å². The van der Waals surface area contributed by atoms with E-state index in [-0.39, 0.29) is 23.3 Å². The molecule has 8 heteroatoms. The van der Waals surface area contributed by atoms with Crippen LogP contribution in [0.3, 0.4) is 0 Å². The molecule has 0 aliphatic heterocycles. The molecule has 38 heavy (non-hydrogen) atoms. The monoisotopic (exact) mass is 542 g/mol. The number of amides is 1. The zero-order valence-corrected chi connectivity index (χ0v) is 23.4. The molecule has 1 aliphatic carbocycles. The van der Waals surface area contributed by atoms with E-state index in [1.165, 1.54) is 16.6 Å². The smallest absolute Gasteiger partial charge is 0.266 e. The number of nitrogens with one attached hydrogen (secondary N) is 1. The zero-order chi connectivity index (χ0) is 26.9. The van der Waals surface area contributed by atoms with Gasteiger partial charge in [0, 0.05) is 17.1 Å². The lowest BCUT2D eigenvalue weighted by molar-refractivity contribution is -0.115. The second-order valence-electron chi connectivity index (χ2n) is 10.7. The molecule has 0 bridgehead atoms. The number of thioether (sulfide) groups is 1. The van der Waals surface area contributed by atoms with E-state index in [1.807, 2.05) is 48.5 Å². The topological polar surface area (TPSA) is 87.8 Å². The fraction of sp³-hybridized carbons (Fsp3) is 0.333. The summed E-state index contributed by atoms with van der Waals surface area (Å²) < 4.78 is 1.61. The summed E-state index contributed by atoms with van der Waals surface area (Å²) in [6, 6.07) is 19.1. The summed E-state index contributed by atoms with van der Waals surface area (Å²) in [5.41, 5.74) is 3.17. The summed E-state index contributed by atoms with van der Waals surface area (Å²) in [5.74, 6) is 0.869. The number of thiophene rings is 1. The highest BCUT2D eigenvalue weighted by molar-refractivity contribution is 7.99. The summed E-state index contributed by atoms with van der Waals surface area (Å²) in [6.07, 6.45) is 3.13. The molecule has 1 atom stereocenters. The van der Waals surface area contributed by atoms with E-state index in [0.29, 0.717) is 38.3 Å². The van der Waals surface area contributed by atoms with Crippen molar-refractivity contribution in [3.8, 4) is 11.8 Å². The van der Waals surface area contributed by atoms with Crippen molar-refractivity contribution in [1.29, 1.82) is 5.26 Å². The van der Waals surface area contributed by atoms with Crippen LogP contribution >= 0.6 is 23.1 Å². The van der Waals surface area contributed by atoms with E-state index < -0.39 is 0 Å². The maximum absolute atomic E-state index is 13.3. The Balaban J connectivity index is 1.32. The molecule has 1 aliphatic rings. The molecule has 0 fully saturated rings. The molecule has 5 rings (SSSR count).